The van der Waals surface area contributed by atoms with Crippen molar-refractivity contribution in [1.29, 1.82) is 0 Å². The van der Waals surface area contributed by atoms with Crippen LogP contribution in [0.25, 0.3) is 20.2 Å². The summed E-state index contributed by atoms with van der Waals surface area (Å²) in [5.74, 6) is -0.611. The number of pyridine rings is 1. The molecule has 7 nitrogen and oxygen atoms in total. The Kier molecular flexibility index (Phi) is 9.98. The first kappa shape index (κ1) is 37.1. The topological polar surface area (TPSA) is 105 Å². The summed E-state index contributed by atoms with van der Waals surface area (Å²) in [6.45, 7) is 13.2. The van der Waals surface area contributed by atoms with Crippen molar-refractivity contribution < 1.29 is 19.2 Å². The number of hydrogen-bond acceptors (Lipinski definition) is 9. The van der Waals surface area contributed by atoms with E-state index in [4.69, 9.17) is 0 Å². The number of dihydropyridines is 2. The highest BCUT2D eigenvalue weighted by molar-refractivity contribution is 7.17. The predicted octanol–water partition coefficient (Wildman–Crippen LogP) is 10.1. The van der Waals surface area contributed by atoms with Crippen molar-refractivity contribution in [3.05, 3.63) is 146 Å². The van der Waals surface area contributed by atoms with Crippen molar-refractivity contribution in [2.24, 2.45) is 5.41 Å². The van der Waals surface area contributed by atoms with Gasteiger partial charge in [-0.05, 0) is 103 Å². The van der Waals surface area contributed by atoms with E-state index in [0.717, 1.165) is 67.0 Å². The quantitative estimate of drug-likeness (QED) is 0.166. The van der Waals surface area contributed by atoms with Crippen LogP contribution < -0.4 is 10.6 Å². The van der Waals surface area contributed by atoms with Gasteiger partial charge in [0, 0.05) is 90.7 Å². The van der Waals surface area contributed by atoms with E-state index in [1.165, 1.54) is 4.70 Å². The summed E-state index contributed by atoms with van der Waals surface area (Å²) in [6, 6.07) is 19.8. The number of benzene rings is 2. The maximum Gasteiger partial charge on any atom is 0.193 e. The van der Waals surface area contributed by atoms with Crippen molar-refractivity contribution in [3.63, 3.8) is 0 Å². The monoisotopic (exact) mass is 753 g/mol. The summed E-state index contributed by atoms with van der Waals surface area (Å²) in [4.78, 5) is 55.8. The third kappa shape index (κ3) is 6.71. The van der Waals surface area contributed by atoms with Gasteiger partial charge < -0.3 is 10.6 Å². The molecule has 2 N–H and O–H groups in total. The van der Waals surface area contributed by atoms with Gasteiger partial charge in [-0.25, -0.2) is 0 Å². The average molecular weight is 754 g/mol. The van der Waals surface area contributed by atoms with Gasteiger partial charge >= 0.3 is 0 Å². The van der Waals surface area contributed by atoms with Crippen molar-refractivity contribution >= 4 is 66.0 Å². The molecule has 0 saturated carbocycles. The molecule has 0 amide bonds. The SMILES string of the molecule is CC(=O)C1=C(C)NC(C)=C(C(=O)c2cccnc2)C1c1csc2ccccc12.CC(=O)C1=C(C)NC2=C(C(=O)CC(C)(C)C2)C1c1csc2ccccc12. The number of nitrogens with zero attached hydrogens (tertiary/aromatic N) is 1. The molecule has 5 aromatic rings. The third-order valence-corrected chi connectivity index (χ3v) is 12.5. The van der Waals surface area contributed by atoms with Crippen molar-refractivity contribution in [1.82, 2.24) is 15.6 Å². The molecule has 2 atom stereocenters. The highest BCUT2D eigenvalue weighted by atomic mass is 32.1. The minimum absolute atomic E-state index is 0.0273. The van der Waals surface area contributed by atoms with Crippen LogP contribution in [0.5, 0.6) is 0 Å². The van der Waals surface area contributed by atoms with E-state index in [0.29, 0.717) is 23.1 Å². The second-order valence-corrected chi connectivity index (χ2v) is 16.9. The van der Waals surface area contributed by atoms with Gasteiger partial charge in [-0.2, -0.15) is 0 Å². The van der Waals surface area contributed by atoms with Crippen LogP contribution in [0.4, 0.5) is 0 Å². The molecule has 2 unspecified atom stereocenters. The summed E-state index contributed by atoms with van der Waals surface area (Å²) >= 11 is 3.31. The van der Waals surface area contributed by atoms with E-state index < -0.39 is 5.92 Å². The van der Waals surface area contributed by atoms with Crippen LogP contribution in [0.1, 0.15) is 94.6 Å². The highest BCUT2D eigenvalue weighted by Gasteiger charge is 2.42. The van der Waals surface area contributed by atoms with E-state index in [1.54, 1.807) is 61.0 Å². The van der Waals surface area contributed by atoms with Crippen molar-refractivity contribution in [2.45, 2.75) is 73.1 Å². The van der Waals surface area contributed by atoms with E-state index in [9.17, 15) is 19.2 Å². The van der Waals surface area contributed by atoms with Crippen molar-refractivity contribution in [2.75, 3.05) is 0 Å². The van der Waals surface area contributed by atoms with Crippen LogP contribution >= 0.6 is 22.7 Å². The molecule has 2 aliphatic heterocycles. The Morgan fingerprint density at radius 2 is 1.24 bits per heavy atom. The van der Waals surface area contributed by atoms with Gasteiger partial charge in [0.1, 0.15) is 0 Å². The number of fused-ring (bicyclic) bond motifs is 2. The molecular weight excluding hydrogens is 711 g/mol. The molecule has 0 radical (unpaired) electrons. The molecule has 274 valence electrons. The molecule has 3 aliphatic rings. The number of hydrogen-bond donors (Lipinski definition) is 2. The Bertz CT molecular complexity index is 2510. The molecule has 1 aliphatic carbocycles. The number of thiophene rings is 2. The predicted molar refractivity (Wildman–Crippen MR) is 218 cm³/mol. The molecule has 3 aromatic heterocycles. The Balaban J connectivity index is 0.000000167. The number of ketones is 4. The van der Waals surface area contributed by atoms with Gasteiger partial charge in [-0.15, -0.1) is 22.7 Å². The Morgan fingerprint density at radius 3 is 1.81 bits per heavy atom. The summed E-state index contributed by atoms with van der Waals surface area (Å²) in [7, 11) is 0. The normalized spacial score (nSPS) is 19.6. The zero-order chi connectivity index (χ0) is 38.5. The van der Waals surface area contributed by atoms with Crippen LogP contribution in [0, 0.1) is 5.41 Å². The van der Waals surface area contributed by atoms with Gasteiger partial charge in [0.15, 0.2) is 23.1 Å². The number of rotatable bonds is 6. The lowest BCUT2D eigenvalue weighted by Crippen LogP contribution is -2.38. The summed E-state index contributed by atoms with van der Waals surface area (Å²) in [5, 5.41) is 13.1. The van der Waals surface area contributed by atoms with E-state index in [1.807, 2.05) is 45.0 Å². The first-order valence-electron chi connectivity index (χ1n) is 18.1. The maximum absolute atomic E-state index is 13.5. The van der Waals surface area contributed by atoms with Crippen LogP contribution in [0.15, 0.2) is 129 Å². The number of carbonyl (C=O) groups is 4. The molecule has 2 aromatic carbocycles. The van der Waals surface area contributed by atoms with Crippen LogP contribution in [0.2, 0.25) is 0 Å². The number of carbonyl (C=O) groups excluding carboxylic acids is 4. The fraction of sp³-hybridized carbons (Fsp3) is 0.267. The molecule has 0 saturated heterocycles. The summed E-state index contributed by atoms with van der Waals surface area (Å²) < 4.78 is 2.33. The second-order valence-electron chi connectivity index (χ2n) is 15.1. The van der Waals surface area contributed by atoms with Crippen LogP contribution in [0.3, 0.4) is 0 Å². The molecule has 54 heavy (non-hydrogen) atoms. The Hall–Kier alpha value is -5.25. The van der Waals surface area contributed by atoms with Gasteiger partial charge in [0.2, 0.25) is 0 Å². The minimum Gasteiger partial charge on any atom is -0.362 e. The summed E-state index contributed by atoms with van der Waals surface area (Å²) in [5.41, 5.74) is 8.75. The molecule has 0 spiro atoms. The summed E-state index contributed by atoms with van der Waals surface area (Å²) in [6.07, 6.45) is 4.57. The smallest absolute Gasteiger partial charge is 0.193 e. The zero-order valence-electron chi connectivity index (χ0n) is 31.5. The minimum atomic E-state index is -0.400. The lowest BCUT2D eigenvalue weighted by Gasteiger charge is -2.39. The first-order chi connectivity index (χ1) is 25.8. The lowest BCUT2D eigenvalue weighted by atomic mass is 9.68. The Labute approximate surface area is 323 Å². The van der Waals surface area contributed by atoms with E-state index in [-0.39, 0.29) is 34.5 Å². The first-order valence-corrected chi connectivity index (χ1v) is 19.8. The van der Waals surface area contributed by atoms with Crippen LogP contribution in [-0.2, 0) is 14.4 Å². The number of aromatic nitrogens is 1. The third-order valence-electron chi connectivity index (χ3n) is 10.6. The lowest BCUT2D eigenvalue weighted by molar-refractivity contribution is -0.118. The molecular formula is C45H43N3O4S2. The number of allylic oxidation sites excluding steroid dienone is 8. The van der Waals surface area contributed by atoms with E-state index in [2.05, 4.69) is 64.5 Å². The Morgan fingerprint density at radius 1 is 0.704 bits per heavy atom. The highest BCUT2D eigenvalue weighted by Crippen LogP contribution is 2.49. The van der Waals surface area contributed by atoms with Gasteiger partial charge in [0.25, 0.3) is 0 Å². The fourth-order valence-corrected chi connectivity index (χ4v) is 10.4. The van der Waals surface area contributed by atoms with Gasteiger partial charge in [-0.3, -0.25) is 24.2 Å². The molecule has 5 heterocycles. The largest absolute Gasteiger partial charge is 0.362 e. The number of nitrogens with one attached hydrogen (secondary N) is 2. The molecule has 8 rings (SSSR count). The molecule has 9 heteroatoms. The van der Waals surface area contributed by atoms with Gasteiger partial charge in [0.05, 0.1) is 0 Å². The molecule has 0 bridgehead atoms. The maximum atomic E-state index is 13.5. The fourth-order valence-electron chi connectivity index (χ4n) is 8.38. The second kappa shape index (κ2) is 14.5. The van der Waals surface area contributed by atoms with Gasteiger partial charge in [-0.1, -0.05) is 50.2 Å². The van der Waals surface area contributed by atoms with E-state index >= 15 is 0 Å². The molecule has 0 fully saturated rings. The van der Waals surface area contributed by atoms with Crippen LogP contribution in [-0.4, -0.2) is 28.1 Å². The number of Topliss-reactive ketones (excluding diaryl/α,β-unsaturated/α-hetero) is 4. The standard InChI is InChI=1S/C23H20N2O2S.C22H23NO2S/c1-13-20(15(3)26)22(18-12-28-19-9-5-4-8-17(18)19)21(14(2)25-13)23(27)16-7-6-10-24-11-16;1-12-19(13(2)24)20(15-11-26-18-8-6-5-7-14(15)18)21-16(23-12)9-22(3,4)10-17(21)25/h4-12,22,25H,1-3H3;5-8,11,20,23H,9-10H2,1-4H3. The van der Waals surface area contributed by atoms with Crippen molar-refractivity contribution in [3.8, 4) is 0 Å². The average Bonchev–Trinajstić information content (AvgIpc) is 3.75. The zero-order valence-corrected chi connectivity index (χ0v) is 33.2.